The molecule has 1 saturated carbocycles. The van der Waals surface area contributed by atoms with Crippen molar-refractivity contribution < 1.29 is 18.0 Å². The number of aryl methyl sites for hydroxylation is 2. The maximum atomic E-state index is 12.9. The van der Waals surface area contributed by atoms with Gasteiger partial charge in [-0.25, -0.2) is 8.42 Å². The van der Waals surface area contributed by atoms with E-state index in [0.717, 1.165) is 17.5 Å². The SMILES string of the molecule is Cc1ccc(S(=O)(=O)N2CCN(C(=O)CCNC(=O)C3CC3C)CC2)c(C)c1. The van der Waals surface area contributed by atoms with Crippen LogP contribution in [0.5, 0.6) is 0 Å². The number of nitrogens with zero attached hydrogens (tertiary/aromatic N) is 2. The summed E-state index contributed by atoms with van der Waals surface area (Å²) in [5.74, 6) is 0.536. The summed E-state index contributed by atoms with van der Waals surface area (Å²) < 4.78 is 27.3. The summed E-state index contributed by atoms with van der Waals surface area (Å²) in [5.41, 5.74) is 1.76. The molecule has 0 radical (unpaired) electrons. The van der Waals surface area contributed by atoms with Gasteiger partial charge in [0.1, 0.15) is 0 Å². The maximum Gasteiger partial charge on any atom is 0.243 e. The summed E-state index contributed by atoms with van der Waals surface area (Å²) in [6.45, 7) is 7.43. The molecular weight excluding hydrogens is 378 g/mol. The Kier molecular flexibility index (Phi) is 6.09. The Morgan fingerprint density at radius 3 is 2.36 bits per heavy atom. The van der Waals surface area contributed by atoms with Gasteiger partial charge in [-0.3, -0.25) is 9.59 Å². The van der Waals surface area contributed by atoms with Crippen molar-refractivity contribution in [2.24, 2.45) is 11.8 Å². The third-order valence-corrected chi connectivity index (χ3v) is 7.68. The maximum absolute atomic E-state index is 12.9. The average Bonchev–Trinajstić information content (AvgIpc) is 3.38. The van der Waals surface area contributed by atoms with Gasteiger partial charge in [0.15, 0.2) is 0 Å². The number of sulfonamides is 1. The van der Waals surface area contributed by atoms with Gasteiger partial charge in [-0.05, 0) is 37.8 Å². The highest BCUT2D eigenvalue weighted by atomic mass is 32.2. The normalized spacial score (nSPS) is 22.8. The Morgan fingerprint density at radius 1 is 1.14 bits per heavy atom. The van der Waals surface area contributed by atoms with Gasteiger partial charge in [-0.15, -0.1) is 0 Å². The lowest BCUT2D eigenvalue weighted by Crippen LogP contribution is -2.51. The molecule has 3 rings (SSSR count). The predicted molar refractivity (Wildman–Crippen MR) is 106 cm³/mol. The fraction of sp³-hybridized carbons (Fsp3) is 0.600. The first-order valence-electron chi connectivity index (χ1n) is 9.83. The van der Waals surface area contributed by atoms with Gasteiger partial charge in [-0.1, -0.05) is 24.6 Å². The van der Waals surface area contributed by atoms with Crippen LogP contribution >= 0.6 is 0 Å². The Morgan fingerprint density at radius 2 is 1.79 bits per heavy atom. The van der Waals surface area contributed by atoms with E-state index in [-0.39, 0.29) is 37.2 Å². The number of carbonyl (C=O) groups is 2. The first-order chi connectivity index (χ1) is 13.2. The second-order valence-electron chi connectivity index (χ2n) is 7.91. The van der Waals surface area contributed by atoms with E-state index in [4.69, 9.17) is 0 Å². The van der Waals surface area contributed by atoms with Crippen LogP contribution in [0.25, 0.3) is 0 Å². The minimum atomic E-state index is -3.56. The number of nitrogens with one attached hydrogen (secondary N) is 1. The van der Waals surface area contributed by atoms with Crippen molar-refractivity contribution in [2.45, 2.75) is 38.5 Å². The molecule has 7 nitrogen and oxygen atoms in total. The number of amides is 2. The van der Waals surface area contributed by atoms with Crippen molar-refractivity contribution in [3.8, 4) is 0 Å². The molecule has 1 N–H and O–H groups in total. The Bertz CT molecular complexity index is 860. The highest BCUT2D eigenvalue weighted by Crippen LogP contribution is 2.37. The van der Waals surface area contributed by atoms with Crippen molar-refractivity contribution in [3.05, 3.63) is 29.3 Å². The molecule has 2 atom stereocenters. The fourth-order valence-corrected chi connectivity index (χ4v) is 5.30. The topological polar surface area (TPSA) is 86.8 Å². The van der Waals surface area contributed by atoms with Crippen LogP contribution in [-0.2, 0) is 19.6 Å². The zero-order chi connectivity index (χ0) is 20.5. The lowest BCUT2D eigenvalue weighted by atomic mass is 10.2. The van der Waals surface area contributed by atoms with Crippen molar-refractivity contribution in [1.29, 1.82) is 0 Å². The van der Waals surface area contributed by atoms with Crippen LogP contribution in [0.3, 0.4) is 0 Å². The number of hydrogen-bond donors (Lipinski definition) is 1. The average molecular weight is 408 g/mol. The van der Waals surface area contributed by atoms with Gasteiger partial charge in [0.2, 0.25) is 21.8 Å². The molecular formula is C20H29N3O4S. The molecule has 1 aromatic rings. The van der Waals surface area contributed by atoms with E-state index in [1.165, 1.54) is 4.31 Å². The molecule has 8 heteroatoms. The first kappa shape index (κ1) is 20.8. The quantitative estimate of drug-likeness (QED) is 0.770. The van der Waals surface area contributed by atoms with Crippen molar-refractivity contribution in [1.82, 2.24) is 14.5 Å². The largest absolute Gasteiger partial charge is 0.355 e. The van der Waals surface area contributed by atoms with Crippen LogP contribution < -0.4 is 5.32 Å². The van der Waals surface area contributed by atoms with Crippen LogP contribution in [0.2, 0.25) is 0 Å². The van der Waals surface area contributed by atoms with Gasteiger partial charge in [0, 0.05) is 45.1 Å². The van der Waals surface area contributed by atoms with Crippen LogP contribution in [0, 0.1) is 25.7 Å². The summed E-state index contributed by atoms with van der Waals surface area (Å²) in [4.78, 5) is 26.2. The Labute approximate surface area is 167 Å². The Balaban J connectivity index is 1.49. The minimum absolute atomic E-state index is 0.0321. The first-order valence-corrected chi connectivity index (χ1v) is 11.3. The van der Waals surface area contributed by atoms with E-state index in [0.29, 0.717) is 30.4 Å². The van der Waals surface area contributed by atoms with E-state index in [2.05, 4.69) is 5.32 Å². The van der Waals surface area contributed by atoms with E-state index < -0.39 is 10.0 Å². The van der Waals surface area contributed by atoms with Gasteiger partial charge < -0.3 is 10.2 Å². The molecule has 2 fully saturated rings. The number of piperazine rings is 1. The lowest BCUT2D eigenvalue weighted by molar-refractivity contribution is -0.132. The lowest BCUT2D eigenvalue weighted by Gasteiger charge is -2.34. The summed E-state index contributed by atoms with van der Waals surface area (Å²) in [7, 11) is -3.56. The van der Waals surface area contributed by atoms with Crippen LogP contribution in [0.15, 0.2) is 23.1 Å². The molecule has 2 amide bonds. The molecule has 0 aromatic heterocycles. The summed E-state index contributed by atoms with van der Waals surface area (Å²) in [5, 5.41) is 2.82. The molecule has 154 valence electrons. The summed E-state index contributed by atoms with van der Waals surface area (Å²) in [6.07, 6.45) is 1.17. The number of rotatable bonds is 6. The molecule has 1 aliphatic carbocycles. The molecule has 0 spiro atoms. The van der Waals surface area contributed by atoms with Crippen molar-refractivity contribution >= 4 is 21.8 Å². The Hall–Kier alpha value is -1.93. The van der Waals surface area contributed by atoms with Gasteiger partial charge in [0.05, 0.1) is 4.90 Å². The van der Waals surface area contributed by atoms with Crippen LogP contribution in [0.1, 0.15) is 30.9 Å². The van der Waals surface area contributed by atoms with E-state index in [1.807, 2.05) is 19.9 Å². The number of benzene rings is 1. The number of carbonyl (C=O) groups excluding carboxylic acids is 2. The number of hydrogen-bond acceptors (Lipinski definition) is 4. The predicted octanol–water partition coefficient (Wildman–Crippen LogP) is 1.30. The fourth-order valence-electron chi connectivity index (χ4n) is 3.67. The van der Waals surface area contributed by atoms with Crippen LogP contribution in [0.4, 0.5) is 0 Å². The van der Waals surface area contributed by atoms with Crippen molar-refractivity contribution in [2.75, 3.05) is 32.7 Å². The van der Waals surface area contributed by atoms with Gasteiger partial charge in [0.25, 0.3) is 0 Å². The molecule has 1 heterocycles. The van der Waals surface area contributed by atoms with Crippen LogP contribution in [-0.4, -0.2) is 62.2 Å². The monoisotopic (exact) mass is 407 g/mol. The zero-order valence-electron chi connectivity index (χ0n) is 16.8. The molecule has 2 aliphatic rings. The second kappa shape index (κ2) is 8.21. The van der Waals surface area contributed by atoms with Gasteiger partial charge >= 0.3 is 0 Å². The highest BCUT2D eigenvalue weighted by molar-refractivity contribution is 7.89. The molecule has 1 aliphatic heterocycles. The zero-order valence-corrected chi connectivity index (χ0v) is 17.6. The third kappa shape index (κ3) is 4.55. The van der Waals surface area contributed by atoms with Gasteiger partial charge in [-0.2, -0.15) is 4.31 Å². The molecule has 1 saturated heterocycles. The summed E-state index contributed by atoms with van der Waals surface area (Å²) >= 11 is 0. The standard InChI is InChI=1S/C20H29N3O4S/c1-14-4-5-18(16(3)12-14)28(26,27)23-10-8-22(9-11-23)19(24)6-7-21-20(25)17-13-15(17)2/h4-5,12,15,17H,6-11,13H2,1-3H3,(H,21,25). The minimum Gasteiger partial charge on any atom is -0.355 e. The third-order valence-electron chi connectivity index (χ3n) is 5.62. The van der Waals surface area contributed by atoms with E-state index in [9.17, 15) is 18.0 Å². The highest BCUT2D eigenvalue weighted by Gasteiger charge is 2.39. The van der Waals surface area contributed by atoms with E-state index >= 15 is 0 Å². The molecule has 0 bridgehead atoms. The van der Waals surface area contributed by atoms with Crippen molar-refractivity contribution in [3.63, 3.8) is 0 Å². The smallest absolute Gasteiger partial charge is 0.243 e. The molecule has 28 heavy (non-hydrogen) atoms. The summed E-state index contributed by atoms with van der Waals surface area (Å²) in [6, 6.07) is 5.32. The molecule has 2 unspecified atom stereocenters. The molecule has 1 aromatic carbocycles. The van der Waals surface area contributed by atoms with E-state index in [1.54, 1.807) is 24.0 Å². The second-order valence-corrected chi connectivity index (χ2v) is 9.82.